The van der Waals surface area contributed by atoms with Gasteiger partial charge in [-0.1, -0.05) is 22.7 Å². The van der Waals surface area contributed by atoms with E-state index in [4.69, 9.17) is 0 Å². The maximum Gasteiger partial charge on any atom is 0.334 e. The zero-order chi connectivity index (χ0) is 11.8. The van der Waals surface area contributed by atoms with Gasteiger partial charge in [0.25, 0.3) is 5.56 Å². The predicted molar refractivity (Wildman–Crippen MR) is 63.6 cm³/mol. The van der Waals surface area contributed by atoms with Crippen LogP contribution in [0.5, 0.6) is 0 Å². The number of para-hydroxylation sites is 1. The van der Waals surface area contributed by atoms with Gasteiger partial charge >= 0.3 is 5.69 Å². The van der Waals surface area contributed by atoms with Gasteiger partial charge in [0.1, 0.15) is 0 Å². The van der Waals surface area contributed by atoms with Crippen molar-refractivity contribution in [1.82, 2.24) is 19.1 Å². The van der Waals surface area contributed by atoms with Crippen LogP contribution in [0.2, 0.25) is 0 Å². The minimum atomic E-state index is -0.486. The van der Waals surface area contributed by atoms with Gasteiger partial charge in [0.15, 0.2) is 10.3 Å². The fourth-order valence-corrected chi connectivity index (χ4v) is 2.13. The van der Waals surface area contributed by atoms with E-state index in [1.165, 1.54) is 0 Å². The van der Waals surface area contributed by atoms with Gasteiger partial charge in [-0.2, -0.15) is 0 Å². The summed E-state index contributed by atoms with van der Waals surface area (Å²) in [4.78, 5) is 26.8. The van der Waals surface area contributed by atoms with Crippen LogP contribution in [0.1, 0.15) is 0 Å². The molecule has 0 fully saturated rings. The molecule has 17 heavy (non-hydrogen) atoms. The minimum Gasteiger partial charge on any atom is -0.295 e. The second kappa shape index (κ2) is 3.63. The Labute approximate surface area is 98.3 Å². The summed E-state index contributed by atoms with van der Waals surface area (Å²) < 4.78 is 4.69. The highest BCUT2D eigenvalue weighted by Gasteiger charge is 2.11. The van der Waals surface area contributed by atoms with Gasteiger partial charge in [0.05, 0.1) is 5.69 Å². The van der Waals surface area contributed by atoms with Crippen molar-refractivity contribution in [3.05, 3.63) is 51.2 Å². The van der Waals surface area contributed by atoms with Crippen LogP contribution in [0, 0.1) is 0 Å². The molecular formula is C10H6N4O2S. The van der Waals surface area contributed by atoms with E-state index in [1.807, 2.05) is 6.07 Å². The van der Waals surface area contributed by atoms with Gasteiger partial charge in [-0.3, -0.25) is 9.78 Å². The Kier molecular flexibility index (Phi) is 2.12. The second-order valence-corrected chi connectivity index (χ2v) is 4.11. The third kappa shape index (κ3) is 1.48. The van der Waals surface area contributed by atoms with Crippen LogP contribution in [0.25, 0.3) is 16.0 Å². The monoisotopic (exact) mass is 246 g/mol. The summed E-state index contributed by atoms with van der Waals surface area (Å²) in [5.41, 5.74) is -0.254. The third-order valence-electron chi connectivity index (χ3n) is 2.33. The van der Waals surface area contributed by atoms with Gasteiger partial charge in [0.2, 0.25) is 0 Å². The Morgan fingerprint density at radius 1 is 1.18 bits per heavy atom. The van der Waals surface area contributed by atoms with Crippen molar-refractivity contribution >= 4 is 21.9 Å². The number of aromatic amines is 1. The molecule has 0 aliphatic carbocycles. The Hall–Kier alpha value is -2.28. The third-order valence-corrected chi connectivity index (χ3v) is 2.97. The number of rotatable bonds is 1. The molecule has 1 N–H and O–H groups in total. The van der Waals surface area contributed by atoms with Crippen molar-refractivity contribution in [1.29, 1.82) is 0 Å². The van der Waals surface area contributed by atoms with Crippen LogP contribution in [-0.4, -0.2) is 19.1 Å². The number of benzene rings is 1. The molecule has 6 nitrogen and oxygen atoms in total. The van der Waals surface area contributed by atoms with Crippen LogP contribution in [0.4, 0.5) is 0 Å². The summed E-state index contributed by atoms with van der Waals surface area (Å²) >= 11 is 0.990. The molecule has 0 saturated carbocycles. The average Bonchev–Trinajstić information content (AvgIpc) is 2.78. The molecule has 0 atom stereocenters. The fourth-order valence-electron chi connectivity index (χ4n) is 1.58. The molecule has 0 aliphatic heterocycles. The Morgan fingerprint density at radius 2 is 1.94 bits per heavy atom. The highest BCUT2D eigenvalue weighted by Crippen LogP contribution is 2.07. The first kappa shape index (κ1) is 9.91. The molecule has 1 aromatic carbocycles. The van der Waals surface area contributed by atoms with Crippen molar-refractivity contribution in [2.75, 3.05) is 0 Å². The lowest BCUT2D eigenvalue weighted by molar-refractivity contribution is 0.897. The summed E-state index contributed by atoms with van der Waals surface area (Å²) in [6.07, 6.45) is 0. The molecule has 3 aromatic rings. The molecule has 0 saturated heterocycles. The number of H-pyrrole nitrogens is 1. The van der Waals surface area contributed by atoms with E-state index in [9.17, 15) is 9.59 Å². The lowest BCUT2D eigenvalue weighted by atomic mass is 10.3. The first-order chi connectivity index (χ1) is 8.27. The number of fused-ring (bicyclic) bond motifs is 1. The van der Waals surface area contributed by atoms with E-state index < -0.39 is 11.2 Å². The zero-order valence-electron chi connectivity index (χ0n) is 8.45. The Bertz CT molecular complexity index is 787. The van der Waals surface area contributed by atoms with Gasteiger partial charge in [-0.15, -0.1) is 5.10 Å². The van der Waals surface area contributed by atoms with Crippen LogP contribution in [0.3, 0.4) is 0 Å². The number of hydrogen-bond acceptors (Lipinski definition) is 5. The van der Waals surface area contributed by atoms with Crippen molar-refractivity contribution in [2.45, 2.75) is 0 Å². The van der Waals surface area contributed by atoms with Crippen LogP contribution < -0.4 is 11.2 Å². The summed E-state index contributed by atoms with van der Waals surface area (Å²) in [6.45, 7) is 0. The van der Waals surface area contributed by atoms with Gasteiger partial charge in [0, 0.05) is 11.5 Å². The lowest BCUT2D eigenvalue weighted by Gasteiger charge is -2.02. The van der Waals surface area contributed by atoms with Gasteiger partial charge < -0.3 is 0 Å². The number of hydrogen-bond donors (Lipinski definition) is 1. The molecule has 0 bridgehead atoms. The number of aromatic nitrogens is 4. The van der Waals surface area contributed by atoms with Crippen molar-refractivity contribution < 1.29 is 0 Å². The van der Waals surface area contributed by atoms with Crippen LogP contribution in [0.15, 0.2) is 39.9 Å². The van der Waals surface area contributed by atoms with E-state index in [-0.39, 0.29) is 5.52 Å². The molecule has 84 valence electrons. The summed E-state index contributed by atoms with van der Waals surface area (Å²) in [6, 6.07) is 8.69. The smallest absolute Gasteiger partial charge is 0.295 e. The SMILES string of the molecule is O=c1[nH]c2snnc2c(=O)n1-c1ccccc1. The predicted octanol–water partition coefficient (Wildman–Crippen LogP) is 0.531. The molecule has 3 rings (SSSR count). The van der Waals surface area contributed by atoms with E-state index >= 15 is 0 Å². The first-order valence-corrected chi connectivity index (χ1v) is 5.57. The summed E-state index contributed by atoms with van der Waals surface area (Å²) in [5, 5.41) is 3.71. The normalized spacial score (nSPS) is 10.8. The van der Waals surface area contributed by atoms with E-state index in [1.54, 1.807) is 24.3 Å². The largest absolute Gasteiger partial charge is 0.334 e. The minimum absolute atomic E-state index is 0.179. The Morgan fingerprint density at radius 3 is 2.71 bits per heavy atom. The molecule has 0 unspecified atom stereocenters. The zero-order valence-corrected chi connectivity index (χ0v) is 9.27. The van der Waals surface area contributed by atoms with E-state index in [0.29, 0.717) is 10.5 Å². The molecule has 0 amide bonds. The average molecular weight is 246 g/mol. The van der Waals surface area contributed by atoms with E-state index in [2.05, 4.69) is 14.6 Å². The summed E-state index contributed by atoms with van der Waals surface area (Å²) in [7, 11) is 0. The fraction of sp³-hybridized carbons (Fsp3) is 0. The molecule has 2 heterocycles. The van der Waals surface area contributed by atoms with Crippen molar-refractivity contribution in [2.24, 2.45) is 0 Å². The second-order valence-electron chi connectivity index (χ2n) is 3.36. The van der Waals surface area contributed by atoms with Crippen LogP contribution in [-0.2, 0) is 0 Å². The number of nitrogens with one attached hydrogen (secondary N) is 1. The quantitative estimate of drug-likeness (QED) is 0.679. The molecular weight excluding hydrogens is 240 g/mol. The molecule has 0 radical (unpaired) electrons. The highest BCUT2D eigenvalue weighted by atomic mass is 32.1. The maximum atomic E-state index is 12.1. The van der Waals surface area contributed by atoms with Crippen molar-refractivity contribution in [3.63, 3.8) is 0 Å². The number of nitrogens with zero attached hydrogens (tertiary/aromatic N) is 3. The molecule has 7 heteroatoms. The standard InChI is InChI=1S/C10H6N4O2S/c15-9-7-8(17-13-12-7)11-10(16)14(9)6-4-2-1-3-5-6/h1-5H,(H,11,16). The van der Waals surface area contributed by atoms with E-state index in [0.717, 1.165) is 16.1 Å². The Balaban J connectivity index is 2.45. The molecule has 0 aliphatic rings. The maximum absolute atomic E-state index is 12.1. The van der Waals surface area contributed by atoms with Crippen LogP contribution >= 0.6 is 11.5 Å². The van der Waals surface area contributed by atoms with Gasteiger partial charge in [-0.05, 0) is 12.1 Å². The summed E-state index contributed by atoms with van der Waals surface area (Å²) in [5.74, 6) is 0. The highest BCUT2D eigenvalue weighted by molar-refractivity contribution is 7.12. The topological polar surface area (TPSA) is 80.6 Å². The van der Waals surface area contributed by atoms with Gasteiger partial charge in [-0.25, -0.2) is 9.36 Å². The lowest BCUT2D eigenvalue weighted by Crippen LogP contribution is -2.33. The van der Waals surface area contributed by atoms with Crippen molar-refractivity contribution in [3.8, 4) is 5.69 Å². The molecule has 0 spiro atoms. The molecule has 2 aromatic heterocycles. The first-order valence-electron chi connectivity index (χ1n) is 4.80.